The molecule has 0 aromatic heterocycles. The lowest BCUT2D eigenvalue weighted by atomic mass is 10.2. The lowest BCUT2D eigenvalue weighted by Gasteiger charge is -2.10. The fraction of sp³-hybridized carbons (Fsp3) is 0.263. The van der Waals surface area contributed by atoms with Crippen molar-refractivity contribution in [3.63, 3.8) is 0 Å². The van der Waals surface area contributed by atoms with Crippen LogP contribution in [-0.4, -0.2) is 25.2 Å². The highest BCUT2D eigenvalue weighted by Gasteiger charge is 2.18. The van der Waals surface area contributed by atoms with Gasteiger partial charge in [0.1, 0.15) is 17.1 Å². The van der Waals surface area contributed by atoms with Crippen LogP contribution in [0.25, 0.3) is 0 Å². The van der Waals surface area contributed by atoms with Crippen molar-refractivity contribution in [3.05, 3.63) is 58.1 Å². The maximum Gasteiger partial charge on any atom is 0.343 e. The van der Waals surface area contributed by atoms with Crippen molar-refractivity contribution < 1.29 is 23.8 Å². The van der Waals surface area contributed by atoms with Crippen LogP contribution in [0.3, 0.4) is 0 Å². The number of halogens is 1. The van der Waals surface area contributed by atoms with Crippen LogP contribution in [0.5, 0.6) is 11.5 Å². The molecule has 0 heterocycles. The van der Waals surface area contributed by atoms with Crippen LogP contribution in [0.2, 0.25) is 0 Å². The molecule has 0 aliphatic rings. The lowest BCUT2D eigenvalue weighted by Crippen LogP contribution is -2.13. The molecule has 0 radical (unpaired) electrons. The van der Waals surface area contributed by atoms with Crippen molar-refractivity contribution in [3.8, 4) is 11.5 Å². The third-order valence-electron chi connectivity index (χ3n) is 3.20. The van der Waals surface area contributed by atoms with Gasteiger partial charge in [-0.25, -0.2) is 9.59 Å². The first-order valence-electron chi connectivity index (χ1n) is 7.96. The Morgan fingerprint density at radius 1 is 1.00 bits per heavy atom. The molecule has 0 N–H and O–H groups in total. The Balaban J connectivity index is 2.16. The van der Waals surface area contributed by atoms with E-state index in [0.29, 0.717) is 22.4 Å². The zero-order chi connectivity index (χ0) is 18.2. The van der Waals surface area contributed by atoms with Gasteiger partial charge in [-0.05, 0) is 55.8 Å². The molecule has 5 nitrogen and oxygen atoms in total. The number of esters is 2. The van der Waals surface area contributed by atoms with E-state index in [1.807, 2.05) is 6.92 Å². The molecule has 25 heavy (non-hydrogen) atoms. The molecule has 0 unspecified atom stereocenters. The molecule has 0 bridgehead atoms. The topological polar surface area (TPSA) is 61.8 Å². The number of ether oxygens (including phenoxy) is 3. The second kappa shape index (κ2) is 9.22. The summed E-state index contributed by atoms with van der Waals surface area (Å²) in [4.78, 5) is 24.4. The molecule has 0 fully saturated rings. The lowest BCUT2D eigenvalue weighted by molar-refractivity contribution is 0.0520. The summed E-state index contributed by atoms with van der Waals surface area (Å²) in [5.74, 6) is -0.267. The molecule has 0 saturated carbocycles. The molecular formula is C19H19BrO5. The van der Waals surface area contributed by atoms with E-state index in [1.54, 1.807) is 49.4 Å². The van der Waals surface area contributed by atoms with Gasteiger partial charge in [0, 0.05) is 4.47 Å². The number of carbonyl (C=O) groups excluding carboxylic acids is 2. The van der Waals surface area contributed by atoms with Gasteiger partial charge in [-0.15, -0.1) is 0 Å². The zero-order valence-corrected chi connectivity index (χ0v) is 15.7. The normalized spacial score (nSPS) is 10.2. The summed E-state index contributed by atoms with van der Waals surface area (Å²) < 4.78 is 16.5. The smallest absolute Gasteiger partial charge is 0.343 e. The molecule has 0 atom stereocenters. The van der Waals surface area contributed by atoms with E-state index in [9.17, 15) is 9.59 Å². The fourth-order valence-electron chi connectivity index (χ4n) is 2.03. The summed E-state index contributed by atoms with van der Waals surface area (Å²) in [6.45, 7) is 4.58. The van der Waals surface area contributed by atoms with Gasteiger partial charge in [0.25, 0.3) is 0 Å². The molecular weight excluding hydrogens is 388 g/mol. The minimum absolute atomic E-state index is 0.151. The Morgan fingerprint density at radius 2 is 1.72 bits per heavy atom. The summed E-state index contributed by atoms with van der Waals surface area (Å²) in [5, 5.41) is 0. The standard InChI is InChI=1S/C19H19BrO5/c1-3-11-24-15-8-5-13(6-9-15)18(21)25-17-10-7-14(20)12-16(17)19(22)23-4-2/h5-10,12H,3-4,11H2,1-2H3. The molecule has 0 aliphatic carbocycles. The summed E-state index contributed by atoms with van der Waals surface area (Å²) in [6, 6.07) is 11.5. The highest BCUT2D eigenvalue weighted by atomic mass is 79.9. The van der Waals surface area contributed by atoms with Crippen molar-refractivity contribution in [1.29, 1.82) is 0 Å². The van der Waals surface area contributed by atoms with E-state index in [0.717, 1.165) is 6.42 Å². The van der Waals surface area contributed by atoms with Crippen molar-refractivity contribution in [2.45, 2.75) is 20.3 Å². The predicted molar refractivity (Wildman–Crippen MR) is 97.3 cm³/mol. The third kappa shape index (κ3) is 5.32. The van der Waals surface area contributed by atoms with Gasteiger partial charge in [0.05, 0.1) is 18.8 Å². The molecule has 2 aromatic rings. The van der Waals surface area contributed by atoms with Crippen molar-refractivity contribution >= 4 is 27.9 Å². The highest BCUT2D eigenvalue weighted by molar-refractivity contribution is 9.10. The number of hydrogen-bond acceptors (Lipinski definition) is 5. The van der Waals surface area contributed by atoms with E-state index in [2.05, 4.69) is 15.9 Å². The summed E-state index contributed by atoms with van der Waals surface area (Å²) >= 11 is 3.29. The van der Waals surface area contributed by atoms with Crippen molar-refractivity contribution in [1.82, 2.24) is 0 Å². The van der Waals surface area contributed by atoms with E-state index in [-0.39, 0.29) is 17.9 Å². The van der Waals surface area contributed by atoms with Crippen LogP contribution in [0, 0.1) is 0 Å². The number of benzene rings is 2. The Labute approximate surface area is 155 Å². The summed E-state index contributed by atoms with van der Waals surface area (Å²) in [6.07, 6.45) is 0.907. The average Bonchev–Trinajstić information content (AvgIpc) is 2.62. The van der Waals surface area contributed by atoms with Crippen LogP contribution in [-0.2, 0) is 4.74 Å². The van der Waals surface area contributed by atoms with Crippen LogP contribution < -0.4 is 9.47 Å². The van der Waals surface area contributed by atoms with Crippen molar-refractivity contribution in [2.75, 3.05) is 13.2 Å². The number of rotatable bonds is 7. The minimum atomic E-state index is -0.560. The molecule has 0 saturated heterocycles. The second-order valence-electron chi connectivity index (χ2n) is 5.12. The second-order valence-corrected chi connectivity index (χ2v) is 6.04. The maximum atomic E-state index is 12.3. The molecule has 132 valence electrons. The molecule has 2 rings (SSSR count). The Bertz CT molecular complexity index is 740. The first-order valence-corrected chi connectivity index (χ1v) is 8.76. The number of hydrogen-bond donors (Lipinski definition) is 0. The molecule has 0 amide bonds. The van der Waals surface area contributed by atoms with Gasteiger partial charge < -0.3 is 14.2 Å². The largest absolute Gasteiger partial charge is 0.494 e. The van der Waals surface area contributed by atoms with Crippen molar-refractivity contribution in [2.24, 2.45) is 0 Å². The van der Waals surface area contributed by atoms with Crippen LogP contribution >= 0.6 is 15.9 Å². The summed E-state index contributed by atoms with van der Waals surface area (Å²) in [5.41, 5.74) is 0.550. The minimum Gasteiger partial charge on any atom is -0.494 e. The average molecular weight is 407 g/mol. The fourth-order valence-corrected chi connectivity index (χ4v) is 2.39. The quantitative estimate of drug-likeness (QED) is 0.495. The van der Waals surface area contributed by atoms with Gasteiger partial charge in [0.2, 0.25) is 0 Å². The highest BCUT2D eigenvalue weighted by Crippen LogP contribution is 2.25. The van der Waals surface area contributed by atoms with E-state index >= 15 is 0 Å². The molecule has 2 aromatic carbocycles. The maximum absolute atomic E-state index is 12.3. The van der Waals surface area contributed by atoms with Gasteiger partial charge in [-0.1, -0.05) is 22.9 Å². The predicted octanol–water partition coefficient (Wildman–Crippen LogP) is 4.63. The Hall–Kier alpha value is -2.34. The van der Waals surface area contributed by atoms with Gasteiger partial charge in [-0.2, -0.15) is 0 Å². The van der Waals surface area contributed by atoms with E-state index in [1.165, 1.54) is 0 Å². The monoisotopic (exact) mass is 406 g/mol. The SMILES string of the molecule is CCCOc1ccc(C(=O)Oc2ccc(Br)cc2C(=O)OCC)cc1. The number of carbonyl (C=O) groups is 2. The molecule has 0 spiro atoms. The first-order chi connectivity index (χ1) is 12.0. The van der Waals surface area contributed by atoms with Crippen LogP contribution in [0.15, 0.2) is 46.9 Å². The first kappa shape index (κ1) is 19.0. The Morgan fingerprint density at radius 3 is 2.36 bits per heavy atom. The van der Waals surface area contributed by atoms with Crippen LogP contribution in [0.1, 0.15) is 41.0 Å². The summed E-state index contributed by atoms with van der Waals surface area (Å²) in [7, 11) is 0. The van der Waals surface area contributed by atoms with E-state index in [4.69, 9.17) is 14.2 Å². The molecule has 6 heteroatoms. The van der Waals surface area contributed by atoms with Gasteiger partial charge >= 0.3 is 11.9 Å². The molecule has 0 aliphatic heterocycles. The Kier molecular flexibility index (Phi) is 7.01. The van der Waals surface area contributed by atoms with Crippen LogP contribution in [0.4, 0.5) is 0 Å². The van der Waals surface area contributed by atoms with Gasteiger partial charge in [-0.3, -0.25) is 0 Å². The third-order valence-corrected chi connectivity index (χ3v) is 3.70. The zero-order valence-electron chi connectivity index (χ0n) is 14.1. The van der Waals surface area contributed by atoms with E-state index < -0.39 is 11.9 Å². The van der Waals surface area contributed by atoms with Gasteiger partial charge in [0.15, 0.2) is 0 Å².